The zero-order valence-corrected chi connectivity index (χ0v) is 12.4. The Morgan fingerprint density at radius 2 is 2.21 bits per heavy atom. The molecule has 1 fully saturated rings. The van der Waals surface area contributed by atoms with Gasteiger partial charge in [-0.25, -0.2) is 0 Å². The number of nitrogens with zero attached hydrogens (tertiary/aromatic N) is 4. The van der Waals surface area contributed by atoms with Crippen molar-refractivity contribution in [1.82, 2.24) is 25.3 Å². The van der Waals surface area contributed by atoms with Gasteiger partial charge in [-0.3, -0.25) is 4.90 Å². The van der Waals surface area contributed by atoms with Crippen LogP contribution in [0.3, 0.4) is 0 Å². The fraction of sp³-hybridized carbons (Fsp3) is 0.846. The summed E-state index contributed by atoms with van der Waals surface area (Å²) in [5, 5.41) is 7.52. The molecule has 0 radical (unpaired) electrons. The van der Waals surface area contributed by atoms with Gasteiger partial charge in [0.05, 0.1) is 12.1 Å². The molecule has 2 atom stereocenters. The van der Waals surface area contributed by atoms with E-state index < -0.39 is 0 Å². The van der Waals surface area contributed by atoms with Crippen LogP contribution < -0.4 is 5.32 Å². The summed E-state index contributed by atoms with van der Waals surface area (Å²) in [5.41, 5.74) is 0. The maximum Gasteiger partial charge on any atom is 0.243 e. The van der Waals surface area contributed by atoms with Crippen LogP contribution in [0.5, 0.6) is 0 Å². The maximum atomic E-state index is 5.39. The van der Waals surface area contributed by atoms with Gasteiger partial charge in [0.15, 0.2) is 5.82 Å². The summed E-state index contributed by atoms with van der Waals surface area (Å²) in [6, 6.07) is 0.349. The van der Waals surface area contributed by atoms with Crippen molar-refractivity contribution in [3.05, 3.63) is 11.7 Å². The van der Waals surface area contributed by atoms with E-state index in [0.717, 1.165) is 38.4 Å². The quantitative estimate of drug-likeness (QED) is 0.860. The van der Waals surface area contributed by atoms with Crippen LogP contribution in [0.2, 0.25) is 0 Å². The van der Waals surface area contributed by atoms with Crippen molar-refractivity contribution in [2.75, 3.05) is 40.3 Å². The van der Waals surface area contributed by atoms with Crippen LogP contribution in [-0.2, 0) is 0 Å². The number of rotatable bonds is 5. The molecule has 1 aromatic rings. The summed E-state index contributed by atoms with van der Waals surface area (Å²) >= 11 is 0. The van der Waals surface area contributed by atoms with Crippen molar-refractivity contribution in [1.29, 1.82) is 0 Å². The molecular weight excluding hydrogens is 242 g/mol. The van der Waals surface area contributed by atoms with E-state index in [1.54, 1.807) is 0 Å². The molecule has 6 heteroatoms. The first-order valence-electron chi connectivity index (χ1n) is 7.07. The normalized spacial score (nSPS) is 23.7. The van der Waals surface area contributed by atoms with E-state index in [1.165, 1.54) is 0 Å². The second-order valence-corrected chi connectivity index (χ2v) is 5.43. The molecule has 0 saturated carbocycles. The number of hydrogen-bond acceptors (Lipinski definition) is 6. The molecule has 1 aliphatic heterocycles. The van der Waals surface area contributed by atoms with Gasteiger partial charge in [0, 0.05) is 19.6 Å². The minimum Gasteiger partial charge on any atom is -0.338 e. The largest absolute Gasteiger partial charge is 0.338 e. The highest BCUT2D eigenvalue weighted by atomic mass is 16.5. The van der Waals surface area contributed by atoms with Crippen molar-refractivity contribution in [2.45, 2.75) is 32.4 Å². The summed E-state index contributed by atoms with van der Waals surface area (Å²) in [5.74, 6) is 1.49. The molecule has 0 aliphatic carbocycles. The van der Waals surface area contributed by atoms with Crippen molar-refractivity contribution < 1.29 is 4.52 Å². The van der Waals surface area contributed by atoms with Crippen LogP contribution in [0, 0.1) is 0 Å². The van der Waals surface area contributed by atoms with E-state index in [2.05, 4.69) is 53.2 Å². The van der Waals surface area contributed by atoms with Crippen molar-refractivity contribution >= 4 is 0 Å². The van der Waals surface area contributed by atoms with Gasteiger partial charge in [-0.2, -0.15) is 4.98 Å². The molecular formula is C13H25N5O. The minimum absolute atomic E-state index is 0.118. The predicted molar refractivity (Wildman–Crippen MR) is 73.9 cm³/mol. The Kier molecular flexibility index (Phi) is 4.90. The zero-order chi connectivity index (χ0) is 13.8. The Hall–Kier alpha value is -0.980. The molecule has 0 bridgehead atoms. The topological polar surface area (TPSA) is 57.4 Å². The van der Waals surface area contributed by atoms with Crippen LogP contribution in [0.1, 0.15) is 44.1 Å². The average molecular weight is 267 g/mol. The summed E-state index contributed by atoms with van der Waals surface area (Å²) in [4.78, 5) is 9.16. The molecule has 0 amide bonds. The number of piperazine rings is 1. The monoisotopic (exact) mass is 267 g/mol. The third-order valence-electron chi connectivity index (χ3n) is 3.68. The third-order valence-corrected chi connectivity index (χ3v) is 3.68. The molecule has 108 valence electrons. The molecule has 1 saturated heterocycles. The van der Waals surface area contributed by atoms with Crippen LogP contribution in [0.15, 0.2) is 4.52 Å². The molecule has 0 spiro atoms. The van der Waals surface area contributed by atoms with Crippen molar-refractivity contribution in [2.24, 2.45) is 0 Å². The van der Waals surface area contributed by atoms with Crippen molar-refractivity contribution in [3.63, 3.8) is 0 Å². The molecule has 1 aromatic heterocycles. The lowest BCUT2D eigenvalue weighted by Gasteiger charge is -2.35. The molecule has 2 rings (SSSR count). The standard InChI is InChI=1S/C13H25N5O/c1-5-6-14-10(2)13-15-12(16-19-13)11-9-17(3)7-8-18(11)4/h10-11,14H,5-9H2,1-4H3. The highest BCUT2D eigenvalue weighted by Gasteiger charge is 2.28. The highest BCUT2D eigenvalue weighted by molar-refractivity contribution is 4.99. The van der Waals surface area contributed by atoms with E-state index in [4.69, 9.17) is 4.52 Å². The van der Waals surface area contributed by atoms with Crippen LogP contribution in [0.4, 0.5) is 0 Å². The lowest BCUT2D eigenvalue weighted by Crippen LogP contribution is -2.45. The second kappa shape index (κ2) is 6.45. The van der Waals surface area contributed by atoms with Gasteiger partial charge in [0.1, 0.15) is 0 Å². The van der Waals surface area contributed by atoms with E-state index in [-0.39, 0.29) is 12.1 Å². The maximum absolute atomic E-state index is 5.39. The number of hydrogen-bond donors (Lipinski definition) is 1. The first-order chi connectivity index (χ1) is 9.11. The Balaban J connectivity index is 2.03. The molecule has 2 unspecified atom stereocenters. The van der Waals surface area contributed by atoms with Crippen molar-refractivity contribution in [3.8, 4) is 0 Å². The van der Waals surface area contributed by atoms with Crippen LogP contribution >= 0.6 is 0 Å². The van der Waals surface area contributed by atoms with Crippen LogP contribution in [-0.4, -0.2) is 60.2 Å². The molecule has 0 aromatic carbocycles. The highest BCUT2D eigenvalue weighted by Crippen LogP contribution is 2.22. The second-order valence-electron chi connectivity index (χ2n) is 5.43. The Bertz CT molecular complexity index is 394. The number of aromatic nitrogens is 2. The van der Waals surface area contributed by atoms with E-state index in [0.29, 0.717) is 5.89 Å². The average Bonchev–Trinajstić information content (AvgIpc) is 2.88. The lowest BCUT2D eigenvalue weighted by atomic mass is 10.2. The SMILES string of the molecule is CCCNC(C)c1nc(C2CN(C)CCN2C)no1. The predicted octanol–water partition coefficient (Wildman–Crippen LogP) is 1.05. The van der Waals surface area contributed by atoms with E-state index >= 15 is 0 Å². The Morgan fingerprint density at radius 1 is 1.42 bits per heavy atom. The van der Waals surface area contributed by atoms with Gasteiger partial charge >= 0.3 is 0 Å². The Labute approximate surface area is 115 Å². The fourth-order valence-electron chi connectivity index (χ4n) is 2.30. The smallest absolute Gasteiger partial charge is 0.243 e. The molecule has 1 N–H and O–H groups in total. The van der Waals surface area contributed by atoms with Crippen LogP contribution in [0.25, 0.3) is 0 Å². The van der Waals surface area contributed by atoms with Gasteiger partial charge in [-0.1, -0.05) is 12.1 Å². The van der Waals surface area contributed by atoms with Gasteiger partial charge in [-0.15, -0.1) is 0 Å². The molecule has 19 heavy (non-hydrogen) atoms. The zero-order valence-electron chi connectivity index (χ0n) is 12.4. The summed E-state index contributed by atoms with van der Waals surface area (Å²) in [7, 11) is 4.25. The van der Waals surface area contributed by atoms with E-state index in [1.807, 2.05) is 0 Å². The van der Waals surface area contributed by atoms with Gasteiger partial charge in [-0.05, 0) is 34.0 Å². The van der Waals surface area contributed by atoms with Gasteiger partial charge in [0.2, 0.25) is 5.89 Å². The van der Waals surface area contributed by atoms with E-state index in [9.17, 15) is 0 Å². The fourth-order valence-corrected chi connectivity index (χ4v) is 2.30. The minimum atomic E-state index is 0.118. The first-order valence-corrected chi connectivity index (χ1v) is 7.07. The van der Waals surface area contributed by atoms with Gasteiger partial charge < -0.3 is 14.7 Å². The molecule has 6 nitrogen and oxygen atoms in total. The van der Waals surface area contributed by atoms with Gasteiger partial charge in [0.25, 0.3) is 0 Å². The number of nitrogens with one attached hydrogen (secondary N) is 1. The Morgan fingerprint density at radius 3 is 2.95 bits per heavy atom. The lowest BCUT2D eigenvalue weighted by molar-refractivity contribution is 0.108. The molecule has 1 aliphatic rings. The molecule has 2 heterocycles. The summed E-state index contributed by atoms with van der Waals surface area (Å²) < 4.78 is 5.39. The summed E-state index contributed by atoms with van der Waals surface area (Å²) in [6.45, 7) is 8.24. The third kappa shape index (κ3) is 3.52. The summed E-state index contributed by atoms with van der Waals surface area (Å²) in [6.07, 6.45) is 1.10. The first kappa shape index (κ1) is 14.4. The number of likely N-dealkylation sites (N-methyl/N-ethyl adjacent to an activating group) is 2.